The zero-order valence-corrected chi connectivity index (χ0v) is 13.3. The summed E-state index contributed by atoms with van der Waals surface area (Å²) in [5.74, 6) is -0.997. The van der Waals surface area contributed by atoms with Crippen molar-refractivity contribution in [1.82, 2.24) is 4.98 Å². The van der Waals surface area contributed by atoms with Gasteiger partial charge in [0.25, 0.3) is 0 Å². The number of pyridine rings is 1. The molecule has 0 unspecified atom stereocenters. The predicted octanol–water partition coefficient (Wildman–Crippen LogP) is 5.37. The van der Waals surface area contributed by atoms with Crippen LogP contribution in [0.25, 0.3) is 17.3 Å². The van der Waals surface area contributed by atoms with Crippen LogP contribution in [0.3, 0.4) is 0 Å². The van der Waals surface area contributed by atoms with Gasteiger partial charge in [-0.15, -0.1) is 0 Å². The molecule has 1 fully saturated rings. The van der Waals surface area contributed by atoms with E-state index in [2.05, 4.69) is 17.1 Å². The molecule has 122 valence electrons. The van der Waals surface area contributed by atoms with Gasteiger partial charge in [-0.1, -0.05) is 18.2 Å². The van der Waals surface area contributed by atoms with Crippen LogP contribution in [0.15, 0.2) is 42.6 Å². The Morgan fingerprint density at radius 1 is 1.04 bits per heavy atom. The Hall–Kier alpha value is -2.54. The summed E-state index contributed by atoms with van der Waals surface area (Å²) in [5, 5.41) is 8.92. The fourth-order valence-electron chi connectivity index (χ4n) is 3.02. The second kappa shape index (κ2) is 7.35. The van der Waals surface area contributed by atoms with Crippen LogP contribution in [0.4, 0.5) is 8.78 Å². The van der Waals surface area contributed by atoms with Gasteiger partial charge < -0.3 is 0 Å². The number of aromatic nitrogens is 1. The molecule has 1 heterocycles. The summed E-state index contributed by atoms with van der Waals surface area (Å²) >= 11 is 0. The summed E-state index contributed by atoms with van der Waals surface area (Å²) in [4.78, 5) is 4.33. The van der Waals surface area contributed by atoms with Crippen LogP contribution in [0.1, 0.15) is 31.2 Å². The molecule has 24 heavy (non-hydrogen) atoms. The highest BCUT2D eigenvalue weighted by Gasteiger charge is 2.18. The van der Waals surface area contributed by atoms with E-state index in [4.69, 9.17) is 5.26 Å². The first-order chi connectivity index (χ1) is 11.7. The standard InChI is InChI=1S/C20H18F2N2/c21-18-9-8-17(11-19(18)22)20-10-7-16(13-24-20)6-3-14-1-4-15(12-23)5-2-14/h3,6-11,13-15H,1-2,4-5H2/b6-3+. The summed E-state index contributed by atoms with van der Waals surface area (Å²) in [6.45, 7) is 0. The van der Waals surface area contributed by atoms with E-state index >= 15 is 0 Å². The molecule has 3 rings (SSSR count). The van der Waals surface area contributed by atoms with Gasteiger partial charge in [-0.2, -0.15) is 5.26 Å². The Morgan fingerprint density at radius 3 is 2.46 bits per heavy atom. The van der Waals surface area contributed by atoms with Crippen LogP contribution in [0, 0.1) is 34.8 Å². The third kappa shape index (κ3) is 3.86. The molecule has 0 amide bonds. The Kier molecular flexibility index (Phi) is 5.00. The lowest BCUT2D eigenvalue weighted by Gasteiger charge is -2.21. The first-order valence-corrected chi connectivity index (χ1v) is 8.15. The molecule has 0 bridgehead atoms. The van der Waals surface area contributed by atoms with Crippen LogP contribution in [0.5, 0.6) is 0 Å². The summed E-state index contributed by atoms with van der Waals surface area (Å²) in [6, 6.07) is 9.85. The topological polar surface area (TPSA) is 36.7 Å². The minimum Gasteiger partial charge on any atom is -0.256 e. The number of nitriles is 1. The van der Waals surface area contributed by atoms with Crippen molar-refractivity contribution in [3.05, 3.63) is 59.8 Å². The van der Waals surface area contributed by atoms with Gasteiger partial charge in [-0.05, 0) is 61.4 Å². The molecule has 2 aromatic rings. The van der Waals surface area contributed by atoms with Gasteiger partial charge in [0.2, 0.25) is 0 Å². The molecule has 0 radical (unpaired) electrons. The quantitative estimate of drug-likeness (QED) is 0.761. The monoisotopic (exact) mass is 324 g/mol. The van der Waals surface area contributed by atoms with Gasteiger partial charge in [0, 0.05) is 17.7 Å². The molecule has 0 aliphatic heterocycles. The number of hydrogen-bond donors (Lipinski definition) is 0. The Labute approximate surface area is 140 Å². The molecule has 1 aromatic heterocycles. The van der Waals surface area contributed by atoms with E-state index in [0.717, 1.165) is 43.4 Å². The van der Waals surface area contributed by atoms with Crippen LogP contribution in [-0.4, -0.2) is 4.98 Å². The normalized spacial score (nSPS) is 20.9. The van der Waals surface area contributed by atoms with Crippen molar-refractivity contribution >= 4 is 6.08 Å². The average Bonchev–Trinajstić information content (AvgIpc) is 2.63. The lowest BCUT2D eigenvalue weighted by atomic mass is 9.82. The van der Waals surface area contributed by atoms with E-state index in [1.54, 1.807) is 12.3 Å². The Morgan fingerprint density at radius 2 is 1.83 bits per heavy atom. The molecule has 0 spiro atoms. The van der Waals surface area contributed by atoms with Gasteiger partial charge in [-0.25, -0.2) is 8.78 Å². The van der Waals surface area contributed by atoms with Crippen molar-refractivity contribution in [2.75, 3.05) is 0 Å². The van der Waals surface area contributed by atoms with Crippen LogP contribution in [0.2, 0.25) is 0 Å². The predicted molar refractivity (Wildman–Crippen MR) is 89.7 cm³/mol. The molecule has 1 aromatic carbocycles. The highest BCUT2D eigenvalue weighted by Crippen LogP contribution is 2.29. The third-order valence-electron chi connectivity index (χ3n) is 4.52. The molecule has 1 aliphatic carbocycles. The lowest BCUT2D eigenvalue weighted by molar-refractivity contribution is 0.363. The number of rotatable bonds is 3. The maximum atomic E-state index is 13.3. The fraction of sp³-hybridized carbons (Fsp3) is 0.300. The maximum absolute atomic E-state index is 13.3. The number of benzene rings is 1. The smallest absolute Gasteiger partial charge is 0.159 e. The molecular formula is C20H18F2N2. The zero-order chi connectivity index (χ0) is 16.9. The molecule has 4 heteroatoms. The number of nitrogens with zero attached hydrogens (tertiary/aromatic N) is 2. The maximum Gasteiger partial charge on any atom is 0.159 e. The summed E-state index contributed by atoms with van der Waals surface area (Å²) < 4.78 is 26.3. The molecule has 1 aliphatic rings. The van der Waals surface area contributed by atoms with Gasteiger partial charge in [0.05, 0.1) is 11.8 Å². The molecule has 1 saturated carbocycles. The van der Waals surface area contributed by atoms with E-state index in [0.29, 0.717) is 17.2 Å². The van der Waals surface area contributed by atoms with Crippen molar-refractivity contribution in [3.63, 3.8) is 0 Å². The third-order valence-corrected chi connectivity index (χ3v) is 4.52. The molecule has 0 saturated heterocycles. The second-order valence-corrected chi connectivity index (χ2v) is 6.21. The van der Waals surface area contributed by atoms with E-state index in [9.17, 15) is 8.78 Å². The summed E-state index contributed by atoms with van der Waals surface area (Å²) in [6.07, 6.45) is 10.00. The lowest BCUT2D eigenvalue weighted by Crippen LogP contribution is -2.11. The summed E-state index contributed by atoms with van der Waals surface area (Å²) in [7, 11) is 0. The van der Waals surface area contributed by atoms with Gasteiger partial charge in [-0.3, -0.25) is 4.98 Å². The fourth-order valence-corrected chi connectivity index (χ4v) is 3.02. The van der Waals surface area contributed by atoms with Crippen molar-refractivity contribution in [1.29, 1.82) is 5.26 Å². The van der Waals surface area contributed by atoms with Gasteiger partial charge in [0.15, 0.2) is 11.6 Å². The average molecular weight is 324 g/mol. The highest BCUT2D eigenvalue weighted by atomic mass is 19.2. The zero-order valence-electron chi connectivity index (χ0n) is 13.3. The van der Waals surface area contributed by atoms with Crippen LogP contribution < -0.4 is 0 Å². The van der Waals surface area contributed by atoms with Gasteiger partial charge >= 0.3 is 0 Å². The first kappa shape index (κ1) is 16.3. The Balaban J connectivity index is 1.65. The van der Waals surface area contributed by atoms with E-state index in [1.807, 2.05) is 12.1 Å². The molecule has 0 N–H and O–H groups in total. The Bertz CT molecular complexity index is 767. The summed E-state index contributed by atoms with van der Waals surface area (Å²) in [5.41, 5.74) is 2.14. The van der Waals surface area contributed by atoms with Crippen molar-refractivity contribution in [2.24, 2.45) is 11.8 Å². The van der Waals surface area contributed by atoms with Crippen molar-refractivity contribution in [3.8, 4) is 17.3 Å². The molecule has 2 nitrogen and oxygen atoms in total. The SMILES string of the molecule is N#CC1CCC(/C=C/c2ccc(-c3ccc(F)c(F)c3)nc2)CC1. The second-order valence-electron chi connectivity index (χ2n) is 6.21. The highest BCUT2D eigenvalue weighted by molar-refractivity contribution is 5.61. The van der Waals surface area contributed by atoms with Gasteiger partial charge in [0.1, 0.15) is 0 Å². The largest absolute Gasteiger partial charge is 0.256 e. The van der Waals surface area contributed by atoms with Crippen molar-refractivity contribution < 1.29 is 8.78 Å². The number of hydrogen-bond acceptors (Lipinski definition) is 2. The molecular weight excluding hydrogens is 306 g/mol. The van der Waals surface area contributed by atoms with Crippen LogP contribution >= 0.6 is 0 Å². The first-order valence-electron chi connectivity index (χ1n) is 8.15. The minimum atomic E-state index is -0.869. The van der Waals surface area contributed by atoms with E-state index in [1.165, 1.54) is 6.07 Å². The number of allylic oxidation sites excluding steroid dienone is 1. The van der Waals surface area contributed by atoms with E-state index < -0.39 is 11.6 Å². The number of halogens is 2. The van der Waals surface area contributed by atoms with Crippen molar-refractivity contribution in [2.45, 2.75) is 25.7 Å². The van der Waals surface area contributed by atoms with Crippen LogP contribution in [-0.2, 0) is 0 Å². The molecule has 0 atom stereocenters. The minimum absolute atomic E-state index is 0.215. The van der Waals surface area contributed by atoms with E-state index in [-0.39, 0.29) is 5.92 Å².